The number of hydrogen-bond donors (Lipinski definition) is 4. The van der Waals surface area contributed by atoms with Crippen LogP contribution in [0.2, 0.25) is 0 Å². The van der Waals surface area contributed by atoms with Crippen LogP contribution in [-0.4, -0.2) is 64.8 Å². The molecule has 2 aromatic rings. The van der Waals surface area contributed by atoms with Crippen molar-refractivity contribution in [2.75, 3.05) is 13.7 Å². The molecule has 4 N–H and O–H groups in total. The highest BCUT2D eigenvalue weighted by Gasteiger charge is 2.45. The highest BCUT2D eigenvalue weighted by Crippen LogP contribution is 2.44. The zero-order chi connectivity index (χ0) is 21.4. The molecule has 2 aromatic carbocycles. The molecule has 162 valence electrons. The fourth-order valence-corrected chi connectivity index (χ4v) is 4.29. The third-order valence-corrected chi connectivity index (χ3v) is 6.11. The molecule has 0 saturated carbocycles. The Morgan fingerprint density at radius 3 is 2.50 bits per heavy atom. The quantitative estimate of drug-likeness (QED) is 0.599. The molecule has 0 unspecified atom stereocenters. The summed E-state index contributed by atoms with van der Waals surface area (Å²) in [5, 5.41) is 39.8. The summed E-state index contributed by atoms with van der Waals surface area (Å²) in [6.07, 6.45) is -4.76. The second-order valence-electron chi connectivity index (χ2n) is 8.00. The molecule has 0 bridgehead atoms. The van der Waals surface area contributed by atoms with Crippen LogP contribution in [0.15, 0.2) is 36.4 Å². The Labute approximate surface area is 175 Å². The largest absolute Gasteiger partial charge is 0.493 e. The maximum Gasteiger partial charge on any atom is 0.229 e. The Kier molecular flexibility index (Phi) is 5.99. The monoisotopic (exact) mass is 416 g/mol. The first-order valence-electron chi connectivity index (χ1n) is 10.2. The van der Waals surface area contributed by atoms with Gasteiger partial charge in [-0.25, -0.2) is 0 Å². The minimum absolute atomic E-state index is 0.322. The van der Waals surface area contributed by atoms with Gasteiger partial charge < -0.3 is 34.6 Å². The van der Waals surface area contributed by atoms with E-state index >= 15 is 0 Å². The first-order valence-corrected chi connectivity index (χ1v) is 10.2. The smallest absolute Gasteiger partial charge is 0.229 e. The predicted molar refractivity (Wildman–Crippen MR) is 110 cm³/mol. The van der Waals surface area contributed by atoms with Crippen LogP contribution >= 0.6 is 0 Å². The van der Waals surface area contributed by atoms with Crippen LogP contribution in [0.3, 0.4) is 0 Å². The molecule has 0 aromatic heterocycles. The summed E-state index contributed by atoms with van der Waals surface area (Å²) in [7, 11) is 1.54. The van der Waals surface area contributed by atoms with Gasteiger partial charge in [0, 0.05) is 0 Å². The molecule has 2 aliphatic rings. The fraction of sp³-hybridized carbons (Fsp3) is 0.478. The van der Waals surface area contributed by atoms with Gasteiger partial charge >= 0.3 is 0 Å². The Morgan fingerprint density at radius 2 is 1.77 bits per heavy atom. The molecule has 30 heavy (non-hydrogen) atoms. The van der Waals surface area contributed by atoms with Crippen LogP contribution in [-0.2, 0) is 11.2 Å². The summed E-state index contributed by atoms with van der Waals surface area (Å²) in [6, 6.07) is 12.1. The third kappa shape index (κ3) is 3.68. The van der Waals surface area contributed by atoms with E-state index in [-0.39, 0.29) is 0 Å². The van der Waals surface area contributed by atoms with E-state index in [1.807, 2.05) is 24.3 Å². The van der Waals surface area contributed by atoms with Gasteiger partial charge in [-0.1, -0.05) is 31.2 Å². The molecule has 6 atom stereocenters. The lowest BCUT2D eigenvalue weighted by molar-refractivity contribution is -0.277. The number of fused-ring (bicyclic) bond motifs is 3. The average molecular weight is 416 g/mol. The van der Waals surface area contributed by atoms with Gasteiger partial charge in [-0.05, 0) is 53.1 Å². The number of ether oxygens (including phenoxy) is 3. The third-order valence-electron chi connectivity index (χ3n) is 6.11. The Hall–Kier alpha value is -2.16. The molecule has 0 spiro atoms. The number of methoxy groups -OCH3 is 1. The lowest BCUT2D eigenvalue weighted by Crippen LogP contribution is -2.60. The van der Waals surface area contributed by atoms with Crippen molar-refractivity contribution in [1.82, 2.24) is 0 Å². The van der Waals surface area contributed by atoms with Crippen LogP contribution in [0.1, 0.15) is 30.4 Å². The van der Waals surface area contributed by atoms with Gasteiger partial charge in [0.15, 0.2) is 11.5 Å². The molecule has 4 rings (SSSR count). The summed E-state index contributed by atoms with van der Waals surface area (Å²) >= 11 is 0. The van der Waals surface area contributed by atoms with Crippen molar-refractivity contribution in [1.29, 1.82) is 0 Å². The molecule has 0 amide bonds. The number of aliphatic hydroxyl groups excluding tert-OH is 4. The van der Waals surface area contributed by atoms with Gasteiger partial charge in [0.2, 0.25) is 6.29 Å². The van der Waals surface area contributed by atoms with E-state index < -0.39 is 37.3 Å². The maximum atomic E-state index is 10.3. The van der Waals surface area contributed by atoms with Crippen molar-refractivity contribution < 1.29 is 34.6 Å². The molecule has 1 fully saturated rings. The van der Waals surface area contributed by atoms with Crippen molar-refractivity contribution in [2.24, 2.45) is 0 Å². The predicted octanol–water partition coefficient (Wildman–Crippen LogP) is 1.59. The second kappa shape index (κ2) is 8.53. The van der Waals surface area contributed by atoms with Gasteiger partial charge in [-0.3, -0.25) is 0 Å². The summed E-state index contributed by atoms with van der Waals surface area (Å²) in [5.74, 6) is 1.16. The maximum absolute atomic E-state index is 10.3. The van der Waals surface area contributed by atoms with Gasteiger partial charge in [0.05, 0.1) is 13.7 Å². The van der Waals surface area contributed by atoms with Crippen LogP contribution in [0.4, 0.5) is 0 Å². The van der Waals surface area contributed by atoms with E-state index in [0.717, 1.165) is 29.5 Å². The normalized spacial score (nSPS) is 30.7. The number of aliphatic hydroxyl groups is 4. The van der Waals surface area contributed by atoms with Crippen LogP contribution in [0.5, 0.6) is 11.5 Å². The topological polar surface area (TPSA) is 109 Å². The summed E-state index contributed by atoms with van der Waals surface area (Å²) in [4.78, 5) is 0. The number of aryl methyl sites for hydroxylation is 1. The molecule has 7 nitrogen and oxygen atoms in total. The van der Waals surface area contributed by atoms with Crippen molar-refractivity contribution >= 4 is 0 Å². The minimum atomic E-state index is -1.51. The van der Waals surface area contributed by atoms with E-state index in [1.54, 1.807) is 0 Å². The number of rotatable bonds is 4. The van der Waals surface area contributed by atoms with E-state index in [4.69, 9.17) is 14.2 Å². The second-order valence-corrected chi connectivity index (χ2v) is 8.00. The van der Waals surface area contributed by atoms with Crippen molar-refractivity contribution in [3.05, 3.63) is 47.5 Å². The Bertz CT molecular complexity index is 897. The molecular weight excluding hydrogens is 388 g/mol. The summed E-state index contributed by atoms with van der Waals surface area (Å²) in [6.45, 7) is 1.67. The summed E-state index contributed by atoms with van der Waals surface area (Å²) in [5.41, 5.74) is 4.55. The molecule has 1 aliphatic carbocycles. The lowest BCUT2D eigenvalue weighted by Gasteiger charge is -2.39. The van der Waals surface area contributed by atoms with Crippen molar-refractivity contribution in [2.45, 2.75) is 56.4 Å². The van der Waals surface area contributed by atoms with E-state index in [0.29, 0.717) is 17.4 Å². The molecule has 1 heterocycles. The summed E-state index contributed by atoms with van der Waals surface area (Å²) < 4.78 is 17.0. The number of hydrogen-bond acceptors (Lipinski definition) is 7. The van der Waals surface area contributed by atoms with Gasteiger partial charge in [0.25, 0.3) is 0 Å². The van der Waals surface area contributed by atoms with Crippen molar-refractivity contribution in [3.63, 3.8) is 0 Å². The van der Waals surface area contributed by atoms with E-state index in [9.17, 15) is 20.4 Å². The SMILES string of the molecule is COc1cc2c(cc1O[C@@H]1O[C@H](CO)[C@@H](O)[C@H](O)[C@H]1O)-c1ccccc1CC[C@H]2C. The molecule has 1 saturated heterocycles. The fourth-order valence-electron chi connectivity index (χ4n) is 4.29. The zero-order valence-corrected chi connectivity index (χ0v) is 17.1. The van der Waals surface area contributed by atoms with Gasteiger partial charge in [-0.15, -0.1) is 0 Å². The molecule has 0 radical (unpaired) electrons. The van der Waals surface area contributed by atoms with Gasteiger partial charge in [0.1, 0.15) is 24.4 Å². The van der Waals surface area contributed by atoms with Gasteiger partial charge in [-0.2, -0.15) is 0 Å². The van der Waals surface area contributed by atoms with E-state index in [1.165, 1.54) is 12.7 Å². The van der Waals surface area contributed by atoms with E-state index in [2.05, 4.69) is 19.1 Å². The lowest BCUT2D eigenvalue weighted by atomic mass is 9.92. The van der Waals surface area contributed by atoms with Crippen LogP contribution < -0.4 is 9.47 Å². The highest BCUT2D eigenvalue weighted by molar-refractivity contribution is 5.75. The van der Waals surface area contributed by atoms with Crippen LogP contribution in [0, 0.1) is 0 Å². The molecule has 7 heteroatoms. The average Bonchev–Trinajstić information content (AvgIpc) is 2.90. The molecular formula is C23H28O7. The first-order chi connectivity index (χ1) is 14.4. The van der Waals surface area contributed by atoms with Crippen molar-refractivity contribution in [3.8, 4) is 22.6 Å². The first kappa shape index (κ1) is 21.1. The zero-order valence-electron chi connectivity index (χ0n) is 17.1. The van der Waals surface area contributed by atoms with Crippen LogP contribution in [0.25, 0.3) is 11.1 Å². The highest BCUT2D eigenvalue weighted by atomic mass is 16.7. The number of benzene rings is 2. The molecule has 1 aliphatic heterocycles. The standard InChI is InChI=1S/C23H28O7/c1-12-7-8-13-5-3-4-6-14(13)16-10-18(17(28-2)9-15(12)16)29-23-22(27)21(26)20(25)19(11-24)30-23/h3-6,9-10,12,19-27H,7-8,11H2,1-2H3/t12-,19-,20-,21+,22-,23-/m1/s1. The Morgan fingerprint density at radius 1 is 1.00 bits per heavy atom. The Balaban J connectivity index is 1.74. The minimum Gasteiger partial charge on any atom is -0.493 e.